The van der Waals surface area contributed by atoms with Gasteiger partial charge in [-0.1, -0.05) is 60.7 Å². The first-order valence-electron chi connectivity index (χ1n) is 10.4. The smallest absolute Gasteiger partial charge is 0.303 e. The molecule has 1 saturated heterocycles. The van der Waals surface area contributed by atoms with Crippen molar-refractivity contribution in [2.24, 2.45) is 0 Å². The van der Waals surface area contributed by atoms with Gasteiger partial charge in [-0.15, -0.1) is 0 Å². The van der Waals surface area contributed by atoms with E-state index in [2.05, 4.69) is 0 Å². The number of rotatable bonds is 6. The molecule has 4 rings (SSSR count). The third-order valence-corrected chi connectivity index (χ3v) is 5.33. The molecular weight excluding hydrogens is 396 g/mol. The van der Waals surface area contributed by atoms with Crippen molar-refractivity contribution in [3.05, 3.63) is 72.3 Å². The van der Waals surface area contributed by atoms with Crippen molar-refractivity contribution >= 4 is 16.7 Å². The average Bonchev–Trinajstić information content (AvgIpc) is 2.75. The van der Waals surface area contributed by atoms with Crippen molar-refractivity contribution in [3.8, 4) is 11.5 Å². The maximum atomic E-state index is 11.7. The molecule has 0 spiro atoms. The maximum absolute atomic E-state index is 11.7. The fraction of sp³-hybridized carbons (Fsp3) is 0.320. The van der Waals surface area contributed by atoms with Crippen molar-refractivity contribution < 1.29 is 28.8 Å². The molecule has 1 heterocycles. The molecule has 162 valence electrons. The zero-order valence-electron chi connectivity index (χ0n) is 17.6. The van der Waals surface area contributed by atoms with Gasteiger partial charge in [0.15, 0.2) is 11.5 Å². The van der Waals surface area contributed by atoms with Crippen LogP contribution < -0.4 is 4.74 Å². The third kappa shape index (κ3) is 4.98. The Bertz CT molecular complexity index is 1030. The fourth-order valence-electron chi connectivity index (χ4n) is 3.90. The zero-order valence-corrected chi connectivity index (χ0v) is 17.6. The SMILES string of the molecule is CC(=O)O[C@@H]1C[C@H](Oc2c(O)ccc3ccccc23)O[C@H](C)[C@H]1OCc1ccccc1. The van der Waals surface area contributed by atoms with E-state index in [4.69, 9.17) is 18.9 Å². The van der Waals surface area contributed by atoms with Crippen LogP contribution in [-0.4, -0.2) is 35.7 Å². The Labute approximate surface area is 181 Å². The molecule has 0 aromatic heterocycles. The molecule has 0 amide bonds. The first kappa shape index (κ1) is 21.2. The van der Waals surface area contributed by atoms with E-state index < -0.39 is 18.5 Å². The number of aromatic hydroxyl groups is 1. The van der Waals surface area contributed by atoms with Crippen molar-refractivity contribution in [1.29, 1.82) is 0 Å². The van der Waals surface area contributed by atoms with Gasteiger partial charge in [0, 0.05) is 18.7 Å². The van der Waals surface area contributed by atoms with Gasteiger partial charge in [0.05, 0.1) is 12.7 Å². The minimum atomic E-state index is -0.701. The number of hydrogen-bond donors (Lipinski definition) is 1. The number of esters is 1. The predicted octanol–water partition coefficient (Wildman–Crippen LogP) is 4.58. The van der Waals surface area contributed by atoms with Crippen molar-refractivity contribution in [3.63, 3.8) is 0 Å². The Morgan fingerprint density at radius 2 is 1.81 bits per heavy atom. The Kier molecular flexibility index (Phi) is 6.39. The van der Waals surface area contributed by atoms with Crippen molar-refractivity contribution in [1.82, 2.24) is 0 Å². The summed E-state index contributed by atoms with van der Waals surface area (Å²) in [7, 11) is 0. The summed E-state index contributed by atoms with van der Waals surface area (Å²) in [5.74, 6) is -0.0128. The van der Waals surface area contributed by atoms with Gasteiger partial charge in [-0.3, -0.25) is 4.79 Å². The van der Waals surface area contributed by atoms with E-state index >= 15 is 0 Å². The third-order valence-electron chi connectivity index (χ3n) is 5.33. The highest BCUT2D eigenvalue weighted by Gasteiger charge is 2.40. The minimum Gasteiger partial charge on any atom is -0.504 e. The molecule has 31 heavy (non-hydrogen) atoms. The van der Waals surface area contributed by atoms with E-state index in [0.717, 1.165) is 16.3 Å². The standard InChI is InChI=1S/C25H26O6/c1-16-24(28-15-18-8-4-3-5-9-18)22(30-17(2)26)14-23(29-16)31-25-20-11-7-6-10-19(20)12-13-21(25)27/h3-13,16,22-24,27H,14-15H2,1-2H3/t16-,22-,23+,24-/m1/s1. The van der Waals surface area contributed by atoms with E-state index in [9.17, 15) is 9.90 Å². The highest BCUT2D eigenvalue weighted by Crippen LogP contribution is 2.37. The molecule has 1 N–H and O–H groups in total. The van der Waals surface area contributed by atoms with E-state index in [1.54, 1.807) is 6.07 Å². The summed E-state index contributed by atoms with van der Waals surface area (Å²) in [5.41, 5.74) is 1.02. The molecule has 0 bridgehead atoms. The van der Waals surface area contributed by atoms with Crippen LogP contribution in [0.4, 0.5) is 0 Å². The van der Waals surface area contributed by atoms with Gasteiger partial charge in [-0.05, 0) is 23.9 Å². The minimum absolute atomic E-state index is 0.0291. The Hall–Kier alpha value is -3.09. The van der Waals surface area contributed by atoms with Gasteiger partial charge < -0.3 is 24.1 Å². The summed E-state index contributed by atoms with van der Waals surface area (Å²) >= 11 is 0. The average molecular weight is 422 g/mol. The molecule has 0 radical (unpaired) electrons. The molecule has 3 aromatic rings. The van der Waals surface area contributed by atoms with Crippen LogP contribution in [0.1, 0.15) is 25.8 Å². The second-order valence-electron chi connectivity index (χ2n) is 7.67. The second-order valence-corrected chi connectivity index (χ2v) is 7.67. The highest BCUT2D eigenvalue weighted by molar-refractivity contribution is 5.90. The van der Waals surface area contributed by atoms with Crippen LogP contribution in [0.2, 0.25) is 0 Å². The summed E-state index contributed by atoms with van der Waals surface area (Å²) in [6, 6.07) is 20.9. The summed E-state index contributed by atoms with van der Waals surface area (Å²) in [5, 5.41) is 12.1. The van der Waals surface area contributed by atoms with Crippen molar-refractivity contribution in [2.45, 2.75) is 51.5 Å². The molecule has 6 nitrogen and oxygen atoms in total. The summed E-state index contributed by atoms with van der Waals surface area (Å²) in [6.07, 6.45) is -1.78. The summed E-state index contributed by atoms with van der Waals surface area (Å²) < 4.78 is 23.8. The summed E-state index contributed by atoms with van der Waals surface area (Å²) in [4.78, 5) is 11.7. The van der Waals surface area contributed by atoms with Crippen LogP contribution in [0.15, 0.2) is 66.7 Å². The number of phenolic OH excluding ortho intramolecular Hbond substituents is 1. The Morgan fingerprint density at radius 3 is 2.58 bits per heavy atom. The topological polar surface area (TPSA) is 74.2 Å². The van der Waals surface area contributed by atoms with Crippen molar-refractivity contribution in [2.75, 3.05) is 0 Å². The molecule has 1 aliphatic heterocycles. The predicted molar refractivity (Wildman–Crippen MR) is 116 cm³/mol. The lowest BCUT2D eigenvalue weighted by Gasteiger charge is -2.39. The van der Waals surface area contributed by atoms with Crippen LogP contribution in [0, 0.1) is 0 Å². The molecule has 6 heteroatoms. The van der Waals surface area contributed by atoms with Crippen LogP contribution in [0.25, 0.3) is 10.8 Å². The molecule has 0 aliphatic carbocycles. The van der Waals surface area contributed by atoms with Crippen LogP contribution in [0.5, 0.6) is 11.5 Å². The number of carbonyl (C=O) groups is 1. The lowest BCUT2D eigenvalue weighted by atomic mass is 10.0. The van der Waals surface area contributed by atoms with Crippen LogP contribution >= 0.6 is 0 Å². The molecule has 3 aromatic carbocycles. The normalized spacial score (nSPS) is 23.4. The first-order chi connectivity index (χ1) is 15.0. The molecule has 1 aliphatic rings. The highest BCUT2D eigenvalue weighted by atomic mass is 16.7. The van der Waals surface area contributed by atoms with Gasteiger partial charge in [-0.2, -0.15) is 0 Å². The second kappa shape index (κ2) is 9.37. The van der Waals surface area contributed by atoms with Gasteiger partial charge in [0.25, 0.3) is 0 Å². The number of hydrogen-bond acceptors (Lipinski definition) is 6. The Morgan fingerprint density at radius 1 is 1.06 bits per heavy atom. The number of fused-ring (bicyclic) bond motifs is 1. The van der Waals surface area contributed by atoms with Gasteiger partial charge in [0.2, 0.25) is 6.29 Å². The van der Waals surface area contributed by atoms with E-state index in [-0.39, 0.29) is 24.2 Å². The quantitative estimate of drug-likeness (QED) is 0.587. The van der Waals surface area contributed by atoms with Crippen LogP contribution in [0.3, 0.4) is 0 Å². The van der Waals surface area contributed by atoms with Gasteiger partial charge >= 0.3 is 5.97 Å². The number of carbonyl (C=O) groups excluding carboxylic acids is 1. The number of phenols is 1. The number of ether oxygens (including phenoxy) is 4. The maximum Gasteiger partial charge on any atom is 0.303 e. The number of benzene rings is 3. The fourth-order valence-corrected chi connectivity index (χ4v) is 3.90. The first-order valence-corrected chi connectivity index (χ1v) is 10.4. The largest absolute Gasteiger partial charge is 0.504 e. The molecule has 1 fully saturated rings. The molecule has 0 unspecified atom stereocenters. The summed E-state index contributed by atoms with van der Waals surface area (Å²) in [6.45, 7) is 3.62. The van der Waals surface area contributed by atoms with Gasteiger partial charge in [-0.25, -0.2) is 0 Å². The Balaban J connectivity index is 1.51. The zero-order chi connectivity index (χ0) is 21.8. The van der Waals surface area contributed by atoms with E-state index in [0.29, 0.717) is 12.4 Å². The van der Waals surface area contributed by atoms with E-state index in [1.807, 2.05) is 67.6 Å². The monoisotopic (exact) mass is 422 g/mol. The molecule has 0 saturated carbocycles. The lowest BCUT2D eigenvalue weighted by molar-refractivity contribution is -0.238. The van der Waals surface area contributed by atoms with Crippen LogP contribution in [-0.2, 0) is 25.6 Å². The van der Waals surface area contributed by atoms with Gasteiger partial charge in [0.1, 0.15) is 12.2 Å². The van der Waals surface area contributed by atoms with E-state index in [1.165, 1.54) is 6.92 Å². The lowest BCUT2D eigenvalue weighted by Crippen LogP contribution is -2.51. The molecule has 4 atom stereocenters. The molecular formula is C25H26O6.